The Bertz CT molecular complexity index is 212. The summed E-state index contributed by atoms with van der Waals surface area (Å²) in [5.41, 5.74) is -0.807. The molecule has 0 amide bonds. The molecule has 2 atom stereocenters. The van der Waals surface area contributed by atoms with Crippen LogP contribution in [0.25, 0.3) is 0 Å². The summed E-state index contributed by atoms with van der Waals surface area (Å²) in [6.07, 6.45) is 8.60. The minimum absolute atomic E-state index is 0.133. The predicted molar refractivity (Wildman–Crippen MR) is 46.7 cm³/mol. The van der Waals surface area contributed by atoms with Crippen LogP contribution in [0.2, 0.25) is 0 Å². The molecule has 2 heteroatoms. The topological polar surface area (TPSA) is 40.5 Å². The van der Waals surface area contributed by atoms with Gasteiger partial charge >= 0.3 is 0 Å². The van der Waals surface area contributed by atoms with Crippen LogP contribution in [-0.2, 0) is 0 Å². The maximum Gasteiger partial charge on any atom is 0.0762 e. The van der Waals surface area contributed by atoms with Gasteiger partial charge in [0.15, 0.2) is 0 Å². The highest BCUT2D eigenvalue weighted by atomic mass is 16.3. The first kappa shape index (κ1) is 8.27. The molecule has 2 nitrogen and oxygen atoms in total. The van der Waals surface area contributed by atoms with Gasteiger partial charge in [-0.3, -0.25) is 0 Å². The van der Waals surface area contributed by atoms with Gasteiger partial charge < -0.3 is 10.2 Å². The molecule has 0 spiro atoms. The predicted octanol–water partition coefficient (Wildman–Crippen LogP) is 1.23. The van der Waals surface area contributed by atoms with Gasteiger partial charge in [0, 0.05) is 5.41 Å². The van der Waals surface area contributed by atoms with Crippen LogP contribution >= 0.6 is 0 Å². The van der Waals surface area contributed by atoms with Gasteiger partial charge in [-0.2, -0.15) is 0 Å². The van der Waals surface area contributed by atoms with Crippen molar-refractivity contribution in [1.82, 2.24) is 0 Å². The molecule has 0 aromatic carbocycles. The fraction of sp³-hybridized carbons (Fsp3) is 0.800. The van der Waals surface area contributed by atoms with Crippen LogP contribution in [0.3, 0.4) is 0 Å². The van der Waals surface area contributed by atoms with E-state index in [4.69, 9.17) is 0 Å². The Labute approximate surface area is 72.9 Å². The van der Waals surface area contributed by atoms with Crippen molar-refractivity contribution < 1.29 is 10.2 Å². The zero-order valence-corrected chi connectivity index (χ0v) is 7.29. The highest BCUT2D eigenvalue weighted by Gasteiger charge is 2.53. The number of fused-ring (bicyclic) bond motifs is 1. The van der Waals surface area contributed by atoms with Crippen molar-refractivity contribution in [3.8, 4) is 0 Å². The first-order chi connectivity index (χ1) is 5.72. The van der Waals surface area contributed by atoms with E-state index in [1.54, 1.807) is 0 Å². The molecule has 0 radical (unpaired) electrons. The summed E-state index contributed by atoms with van der Waals surface area (Å²) < 4.78 is 0. The molecule has 0 bridgehead atoms. The summed E-state index contributed by atoms with van der Waals surface area (Å²) in [4.78, 5) is 0. The monoisotopic (exact) mass is 168 g/mol. The first-order valence-electron chi connectivity index (χ1n) is 4.71. The lowest BCUT2D eigenvalue weighted by molar-refractivity contribution is -0.0880. The minimum Gasteiger partial charge on any atom is -0.396 e. The second-order valence-corrected chi connectivity index (χ2v) is 4.20. The summed E-state index contributed by atoms with van der Waals surface area (Å²) >= 11 is 0. The SMILES string of the molecule is OCC12CC=CCC1(O)CCC2. The van der Waals surface area contributed by atoms with E-state index in [0.29, 0.717) is 0 Å². The van der Waals surface area contributed by atoms with Gasteiger partial charge in [-0.05, 0) is 32.1 Å². The molecule has 12 heavy (non-hydrogen) atoms. The molecule has 1 saturated carbocycles. The maximum absolute atomic E-state index is 10.3. The molecule has 2 aliphatic rings. The van der Waals surface area contributed by atoms with Gasteiger partial charge in [0.25, 0.3) is 0 Å². The Morgan fingerprint density at radius 3 is 2.58 bits per heavy atom. The summed E-state index contributed by atoms with van der Waals surface area (Å²) in [6.45, 7) is 0.133. The second-order valence-electron chi connectivity index (χ2n) is 4.20. The number of allylic oxidation sites excluding steroid dienone is 1. The third kappa shape index (κ3) is 0.882. The third-order valence-corrected chi connectivity index (χ3v) is 3.67. The van der Waals surface area contributed by atoms with E-state index in [1.165, 1.54) is 0 Å². The lowest BCUT2D eigenvalue weighted by atomic mass is 9.68. The lowest BCUT2D eigenvalue weighted by Gasteiger charge is -2.42. The number of hydrogen-bond donors (Lipinski definition) is 2. The van der Waals surface area contributed by atoms with Crippen molar-refractivity contribution in [3.05, 3.63) is 12.2 Å². The molecule has 0 aromatic heterocycles. The van der Waals surface area contributed by atoms with Crippen molar-refractivity contribution in [3.63, 3.8) is 0 Å². The Kier molecular flexibility index (Phi) is 1.77. The molecule has 1 fully saturated rings. The number of aliphatic hydroxyl groups excluding tert-OH is 1. The van der Waals surface area contributed by atoms with Gasteiger partial charge in [-0.1, -0.05) is 12.2 Å². The fourth-order valence-electron chi connectivity index (χ4n) is 2.71. The van der Waals surface area contributed by atoms with Crippen LogP contribution in [0.15, 0.2) is 12.2 Å². The molecule has 68 valence electrons. The largest absolute Gasteiger partial charge is 0.396 e. The molecule has 2 aliphatic carbocycles. The molecular formula is C10H16O2. The minimum atomic E-state index is -0.601. The van der Waals surface area contributed by atoms with Gasteiger partial charge in [0.1, 0.15) is 0 Å². The molecule has 0 saturated heterocycles. The summed E-state index contributed by atoms with van der Waals surface area (Å²) in [7, 11) is 0. The highest BCUT2D eigenvalue weighted by molar-refractivity contribution is 5.13. The third-order valence-electron chi connectivity index (χ3n) is 3.67. The molecule has 0 aliphatic heterocycles. The quantitative estimate of drug-likeness (QED) is 0.578. The smallest absolute Gasteiger partial charge is 0.0762 e. The average Bonchev–Trinajstić information content (AvgIpc) is 2.42. The average molecular weight is 168 g/mol. The van der Waals surface area contributed by atoms with Crippen molar-refractivity contribution in [2.45, 2.75) is 37.7 Å². The van der Waals surface area contributed by atoms with Crippen LogP contribution in [0, 0.1) is 5.41 Å². The molecule has 2 unspecified atom stereocenters. The van der Waals surface area contributed by atoms with E-state index in [0.717, 1.165) is 32.1 Å². The van der Waals surface area contributed by atoms with E-state index in [1.807, 2.05) is 6.08 Å². The van der Waals surface area contributed by atoms with Crippen LogP contribution in [0.5, 0.6) is 0 Å². The van der Waals surface area contributed by atoms with Gasteiger partial charge in [0.05, 0.1) is 12.2 Å². The van der Waals surface area contributed by atoms with Crippen molar-refractivity contribution in [2.75, 3.05) is 6.61 Å². The summed E-state index contributed by atoms with van der Waals surface area (Å²) in [5, 5.41) is 19.6. The van der Waals surface area contributed by atoms with Crippen LogP contribution < -0.4 is 0 Å². The van der Waals surface area contributed by atoms with E-state index in [2.05, 4.69) is 6.08 Å². The normalized spacial score (nSPS) is 46.2. The number of aliphatic hydroxyl groups is 2. The Morgan fingerprint density at radius 2 is 1.92 bits per heavy atom. The van der Waals surface area contributed by atoms with Crippen LogP contribution in [0.1, 0.15) is 32.1 Å². The Hall–Kier alpha value is -0.340. The zero-order valence-electron chi connectivity index (χ0n) is 7.29. The molecule has 0 aromatic rings. The lowest BCUT2D eigenvalue weighted by Crippen LogP contribution is -2.47. The number of rotatable bonds is 1. The first-order valence-corrected chi connectivity index (χ1v) is 4.71. The van der Waals surface area contributed by atoms with Gasteiger partial charge in [-0.15, -0.1) is 0 Å². The second kappa shape index (κ2) is 2.57. The van der Waals surface area contributed by atoms with Crippen LogP contribution in [-0.4, -0.2) is 22.4 Å². The number of hydrogen-bond acceptors (Lipinski definition) is 2. The Morgan fingerprint density at radius 1 is 1.17 bits per heavy atom. The Balaban J connectivity index is 2.32. The standard InChI is InChI=1S/C10H16O2/c11-8-9-4-1-2-6-10(9,12)7-3-5-9/h1-2,11-12H,3-8H2. The molecular weight excluding hydrogens is 152 g/mol. The van der Waals surface area contributed by atoms with Crippen molar-refractivity contribution in [1.29, 1.82) is 0 Å². The fourth-order valence-corrected chi connectivity index (χ4v) is 2.71. The van der Waals surface area contributed by atoms with E-state index >= 15 is 0 Å². The van der Waals surface area contributed by atoms with Crippen LogP contribution in [0.4, 0.5) is 0 Å². The van der Waals surface area contributed by atoms with E-state index < -0.39 is 5.60 Å². The molecule has 2 N–H and O–H groups in total. The maximum atomic E-state index is 10.3. The van der Waals surface area contributed by atoms with E-state index in [9.17, 15) is 10.2 Å². The van der Waals surface area contributed by atoms with Gasteiger partial charge in [-0.25, -0.2) is 0 Å². The highest BCUT2D eigenvalue weighted by Crippen LogP contribution is 2.52. The van der Waals surface area contributed by atoms with Crippen molar-refractivity contribution >= 4 is 0 Å². The van der Waals surface area contributed by atoms with Crippen molar-refractivity contribution in [2.24, 2.45) is 5.41 Å². The molecule has 2 rings (SSSR count). The summed E-state index contributed by atoms with van der Waals surface area (Å²) in [6, 6.07) is 0. The van der Waals surface area contributed by atoms with E-state index in [-0.39, 0.29) is 12.0 Å². The summed E-state index contributed by atoms with van der Waals surface area (Å²) in [5.74, 6) is 0. The zero-order chi connectivity index (χ0) is 8.66. The van der Waals surface area contributed by atoms with Gasteiger partial charge in [0.2, 0.25) is 0 Å². The molecule has 0 heterocycles.